The van der Waals surface area contributed by atoms with E-state index in [0.717, 1.165) is 29.9 Å². The summed E-state index contributed by atoms with van der Waals surface area (Å²) in [6.45, 7) is 3.90. The molecule has 1 saturated carbocycles. The van der Waals surface area contributed by atoms with Crippen molar-refractivity contribution in [2.75, 3.05) is 26.0 Å². The van der Waals surface area contributed by atoms with Crippen molar-refractivity contribution >= 4 is 29.1 Å². The first-order valence-electron chi connectivity index (χ1n) is 6.41. The van der Waals surface area contributed by atoms with Crippen molar-refractivity contribution in [3.63, 3.8) is 0 Å². The summed E-state index contributed by atoms with van der Waals surface area (Å²) in [5.74, 6) is 1.22. The Balaban J connectivity index is 2.07. The quantitative estimate of drug-likeness (QED) is 0.550. The van der Waals surface area contributed by atoms with Gasteiger partial charge in [-0.25, -0.2) is 0 Å². The van der Waals surface area contributed by atoms with Crippen molar-refractivity contribution in [1.29, 1.82) is 0 Å². The molecule has 1 fully saturated rings. The van der Waals surface area contributed by atoms with Crippen LogP contribution in [-0.2, 0) is 4.74 Å². The van der Waals surface area contributed by atoms with Gasteiger partial charge in [0.2, 0.25) is 0 Å². The summed E-state index contributed by atoms with van der Waals surface area (Å²) in [5.41, 5.74) is 0. The van der Waals surface area contributed by atoms with Gasteiger partial charge in [0, 0.05) is 31.6 Å². The zero-order valence-electron chi connectivity index (χ0n) is 10.8. The number of thioether (sulfide) groups is 1. The van der Waals surface area contributed by atoms with E-state index in [4.69, 9.17) is 17.0 Å². The number of ether oxygens (including phenoxy) is 1. The standard InChI is InChI=1S/C12H24N2OS2/c1-3-17-11-6-5-10(9-11)14-12(16)13-7-4-8-15-2/h10-11H,3-9H2,1-2H3,(H2,13,14,16). The summed E-state index contributed by atoms with van der Waals surface area (Å²) < 4.78 is 4.99. The van der Waals surface area contributed by atoms with Crippen LogP contribution in [0.5, 0.6) is 0 Å². The first-order chi connectivity index (χ1) is 8.26. The van der Waals surface area contributed by atoms with Crippen LogP contribution >= 0.6 is 24.0 Å². The minimum Gasteiger partial charge on any atom is -0.385 e. The Morgan fingerprint density at radius 2 is 2.29 bits per heavy atom. The van der Waals surface area contributed by atoms with Crippen LogP contribution in [0.25, 0.3) is 0 Å². The van der Waals surface area contributed by atoms with Gasteiger partial charge in [-0.1, -0.05) is 6.92 Å². The lowest BCUT2D eigenvalue weighted by molar-refractivity contribution is 0.195. The molecule has 0 aromatic rings. The fourth-order valence-corrected chi connectivity index (χ4v) is 3.52. The molecule has 0 aromatic carbocycles. The second kappa shape index (κ2) is 9.00. The van der Waals surface area contributed by atoms with Gasteiger partial charge in [-0.15, -0.1) is 0 Å². The molecule has 0 amide bonds. The van der Waals surface area contributed by atoms with Crippen molar-refractivity contribution in [3.8, 4) is 0 Å². The average molecular weight is 276 g/mol. The molecule has 0 aliphatic heterocycles. The summed E-state index contributed by atoms with van der Waals surface area (Å²) >= 11 is 7.35. The topological polar surface area (TPSA) is 33.3 Å². The summed E-state index contributed by atoms with van der Waals surface area (Å²) in [6, 6.07) is 0.571. The van der Waals surface area contributed by atoms with Gasteiger partial charge in [-0.05, 0) is 43.7 Å². The molecule has 1 aliphatic rings. The maximum absolute atomic E-state index is 5.27. The molecule has 5 heteroatoms. The van der Waals surface area contributed by atoms with E-state index < -0.39 is 0 Å². The van der Waals surface area contributed by atoms with Gasteiger partial charge in [0.25, 0.3) is 0 Å². The SMILES string of the molecule is CCSC1CCC(NC(=S)NCCCOC)C1. The highest BCUT2D eigenvalue weighted by Gasteiger charge is 2.24. The third kappa shape index (κ3) is 6.48. The summed E-state index contributed by atoms with van der Waals surface area (Å²) in [7, 11) is 1.72. The van der Waals surface area contributed by atoms with Crippen LogP contribution in [0.3, 0.4) is 0 Å². The second-order valence-corrected chi connectivity index (χ2v) is 6.32. The molecule has 0 bridgehead atoms. The largest absolute Gasteiger partial charge is 0.385 e. The average Bonchev–Trinajstić information content (AvgIpc) is 2.73. The monoisotopic (exact) mass is 276 g/mol. The van der Waals surface area contributed by atoms with Crippen molar-refractivity contribution in [2.45, 2.75) is 43.9 Å². The molecule has 0 aromatic heterocycles. The molecule has 17 heavy (non-hydrogen) atoms. The van der Waals surface area contributed by atoms with E-state index in [1.165, 1.54) is 25.0 Å². The van der Waals surface area contributed by atoms with Crippen LogP contribution in [0.4, 0.5) is 0 Å². The number of methoxy groups -OCH3 is 1. The third-order valence-electron chi connectivity index (χ3n) is 2.93. The van der Waals surface area contributed by atoms with E-state index in [2.05, 4.69) is 29.3 Å². The molecule has 0 heterocycles. The Morgan fingerprint density at radius 3 is 3.00 bits per heavy atom. The molecule has 100 valence electrons. The van der Waals surface area contributed by atoms with Gasteiger partial charge >= 0.3 is 0 Å². The second-order valence-electron chi connectivity index (χ2n) is 4.33. The van der Waals surface area contributed by atoms with Gasteiger partial charge in [0.05, 0.1) is 0 Å². The summed E-state index contributed by atoms with van der Waals surface area (Å²) in [4.78, 5) is 0. The van der Waals surface area contributed by atoms with Crippen molar-refractivity contribution in [3.05, 3.63) is 0 Å². The highest BCUT2D eigenvalue weighted by atomic mass is 32.2. The van der Waals surface area contributed by atoms with E-state index in [0.29, 0.717) is 6.04 Å². The van der Waals surface area contributed by atoms with E-state index in [-0.39, 0.29) is 0 Å². The highest BCUT2D eigenvalue weighted by Crippen LogP contribution is 2.29. The van der Waals surface area contributed by atoms with Gasteiger partial charge < -0.3 is 15.4 Å². The lowest BCUT2D eigenvalue weighted by Gasteiger charge is -2.16. The van der Waals surface area contributed by atoms with Crippen LogP contribution < -0.4 is 10.6 Å². The molecule has 0 radical (unpaired) electrons. The Labute approximate surface area is 114 Å². The maximum atomic E-state index is 5.27. The smallest absolute Gasteiger partial charge is 0.166 e. The molecule has 3 nitrogen and oxygen atoms in total. The molecule has 0 saturated heterocycles. The van der Waals surface area contributed by atoms with Crippen LogP contribution in [0.2, 0.25) is 0 Å². The normalized spacial score (nSPS) is 23.6. The Morgan fingerprint density at radius 1 is 1.47 bits per heavy atom. The van der Waals surface area contributed by atoms with Gasteiger partial charge in [0.15, 0.2) is 5.11 Å². The predicted molar refractivity (Wildman–Crippen MR) is 79.8 cm³/mol. The van der Waals surface area contributed by atoms with E-state index >= 15 is 0 Å². The van der Waals surface area contributed by atoms with Gasteiger partial charge in [-0.3, -0.25) is 0 Å². The molecule has 1 aliphatic carbocycles. The van der Waals surface area contributed by atoms with Crippen LogP contribution in [0.1, 0.15) is 32.6 Å². The molecule has 2 atom stereocenters. The number of hydrogen-bond donors (Lipinski definition) is 2. The summed E-state index contributed by atoms with van der Waals surface area (Å²) in [5, 5.41) is 8.26. The number of thiocarbonyl (C=S) groups is 1. The fraction of sp³-hybridized carbons (Fsp3) is 0.917. The zero-order valence-corrected chi connectivity index (χ0v) is 12.5. The fourth-order valence-electron chi connectivity index (χ4n) is 2.11. The lowest BCUT2D eigenvalue weighted by atomic mass is 10.2. The predicted octanol–water partition coefficient (Wildman–Crippen LogP) is 2.16. The minimum atomic E-state index is 0.571. The first kappa shape index (κ1) is 15.1. The van der Waals surface area contributed by atoms with Crippen molar-refractivity contribution in [1.82, 2.24) is 10.6 Å². The van der Waals surface area contributed by atoms with Gasteiger partial charge in [-0.2, -0.15) is 11.8 Å². The zero-order chi connectivity index (χ0) is 12.5. The molecule has 2 N–H and O–H groups in total. The molecular weight excluding hydrogens is 252 g/mol. The van der Waals surface area contributed by atoms with Gasteiger partial charge in [0.1, 0.15) is 0 Å². The van der Waals surface area contributed by atoms with Crippen LogP contribution in [0, 0.1) is 0 Å². The number of hydrogen-bond acceptors (Lipinski definition) is 3. The van der Waals surface area contributed by atoms with Crippen molar-refractivity contribution < 1.29 is 4.74 Å². The van der Waals surface area contributed by atoms with E-state index in [1.807, 2.05) is 0 Å². The third-order valence-corrected chi connectivity index (χ3v) is 4.43. The van der Waals surface area contributed by atoms with E-state index in [1.54, 1.807) is 7.11 Å². The maximum Gasteiger partial charge on any atom is 0.166 e. The Hall–Kier alpha value is -0.0000000000000000486. The Kier molecular flexibility index (Phi) is 7.97. The number of rotatable bonds is 7. The number of nitrogens with one attached hydrogen (secondary N) is 2. The Bertz CT molecular complexity index is 227. The van der Waals surface area contributed by atoms with Crippen LogP contribution in [-0.4, -0.2) is 42.4 Å². The first-order valence-corrected chi connectivity index (χ1v) is 7.86. The summed E-state index contributed by atoms with van der Waals surface area (Å²) in [6.07, 6.45) is 4.82. The molecule has 2 unspecified atom stereocenters. The molecule has 0 spiro atoms. The molecule has 1 rings (SSSR count). The van der Waals surface area contributed by atoms with E-state index in [9.17, 15) is 0 Å². The highest BCUT2D eigenvalue weighted by molar-refractivity contribution is 7.99. The van der Waals surface area contributed by atoms with Crippen LogP contribution in [0.15, 0.2) is 0 Å². The van der Waals surface area contributed by atoms with Crippen molar-refractivity contribution in [2.24, 2.45) is 0 Å². The lowest BCUT2D eigenvalue weighted by Crippen LogP contribution is -2.41. The minimum absolute atomic E-state index is 0.571. The molecular formula is C12H24N2OS2.